The highest BCUT2D eigenvalue weighted by atomic mass is 31.2. The highest BCUT2D eigenvalue weighted by Gasteiger charge is 2.23. The molecule has 0 aromatic rings. The molecular formula is C54H103N2O6P. The summed E-state index contributed by atoms with van der Waals surface area (Å²) < 4.78 is 23.1. The van der Waals surface area contributed by atoms with Crippen LogP contribution in [0.25, 0.3) is 0 Å². The molecule has 0 heterocycles. The number of amides is 1. The highest BCUT2D eigenvalue weighted by Crippen LogP contribution is 2.38. The molecule has 8 nitrogen and oxygen atoms in total. The van der Waals surface area contributed by atoms with Crippen molar-refractivity contribution in [2.45, 2.75) is 251 Å². The van der Waals surface area contributed by atoms with Crippen LogP contribution in [0, 0.1) is 0 Å². The van der Waals surface area contributed by atoms with E-state index in [9.17, 15) is 19.4 Å². The second-order valence-electron chi connectivity index (χ2n) is 19.2. The molecule has 0 bridgehead atoms. The third-order valence-electron chi connectivity index (χ3n) is 11.8. The summed E-state index contributed by atoms with van der Waals surface area (Å²) in [6, 6.07) is -0.882. The Bertz CT molecular complexity index is 1170. The summed E-state index contributed by atoms with van der Waals surface area (Å²) in [5, 5.41) is 13.6. The molecule has 3 unspecified atom stereocenters. The number of likely N-dealkylation sites (N-methyl/N-ethyl adjacent to an activating group) is 1. The molecule has 0 saturated heterocycles. The number of aliphatic hydroxyl groups is 1. The van der Waals surface area contributed by atoms with Crippen LogP contribution >= 0.6 is 7.82 Å². The second kappa shape index (κ2) is 45.6. The van der Waals surface area contributed by atoms with Crippen molar-refractivity contribution in [2.75, 3.05) is 40.9 Å². The van der Waals surface area contributed by atoms with Crippen molar-refractivity contribution in [3.05, 3.63) is 48.6 Å². The molecule has 0 aliphatic rings. The number of nitrogens with zero attached hydrogens (tertiary/aromatic N) is 1. The normalized spacial score (nSPS) is 14.5. The van der Waals surface area contributed by atoms with Crippen molar-refractivity contribution in [2.24, 2.45) is 0 Å². The Morgan fingerprint density at radius 2 is 0.921 bits per heavy atom. The van der Waals surface area contributed by atoms with Gasteiger partial charge in [-0.25, -0.2) is 0 Å². The number of hydrogen-bond acceptors (Lipinski definition) is 6. The number of unbranched alkanes of at least 4 members (excludes halogenated alkanes) is 29. The second-order valence-corrected chi connectivity index (χ2v) is 20.6. The minimum atomic E-state index is -4.58. The summed E-state index contributed by atoms with van der Waals surface area (Å²) in [4.78, 5) is 25.2. The Morgan fingerprint density at radius 1 is 0.556 bits per heavy atom. The summed E-state index contributed by atoms with van der Waals surface area (Å²) in [5.74, 6) is -0.202. The topological polar surface area (TPSA) is 108 Å². The zero-order valence-corrected chi connectivity index (χ0v) is 42.9. The largest absolute Gasteiger partial charge is 0.756 e. The fraction of sp³-hybridized carbons (Fsp3) is 0.833. The number of allylic oxidation sites excluding steroid dienone is 7. The summed E-state index contributed by atoms with van der Waals surface area (Å²) >= 11 is 0. The molecule has 0 radical (unpaired) electrons. The van der Waals surface area contributed by atoms with Crippen molar-refractivity contribution < 1.29 is 32.9 Å². The van der Waals surface area contributed by atoms with Crippen LogP contribution in [-0.2, 0) is 18.4 Å². The quantitative estimate of drug-likeness (QED) is 0.0272. The van der Waals surface area contributed by atoms with Crippen LogP contribution in [0.15, 0.2) is 48.6 Å². The molecular weight excluding hydrogens is 804 g/mol. The first kappa shape index (κ1) is 61.5. The lowest BCUT2D eigenvalue weighted by atomic mass is 10.0. The minimum absolute atomic E-state index is 0.00130. The molecule has 0 aliphatic heterocycles. The molecule has 0 aromatic heterocycles. The van der Waals surface area contributed by atoms with Crippen molar-refractivity contribution in [1.82, 2.24) is 5.32 Å². The van der Waals surface area contributed by atoms with Crippen LogP contribution < -0.4 is 10.2 Å². The van der Waals surface area contributed by atoms with E-state index in [2.05, 4.69) is 55.6 Å². The summed E-state index contributed by atoms with van der Waals surface area (Å²) in [6.07, 6.45) is 59.5. The predicted molar refractivity (Wildman–Crippen MR) is 270 cm³/mol. The Hall–Kier alpha value is -1.54. The van der Waals surface area contributed by atoms with Crippen molar-refractivity contribution in [3.63, 3.8) is 0 Å². The van der Waals surface area contributed by atoms with Gasteiger partial charge in [0.25, 0.3) is 7.82 Å². The Balaban J connectivity index is 3.81. The van der Waals surface area contributed by atoms with Crippen LogP contribution in [0.4, 0.5) is 0 Å². The van der Waals surface area contributed by atoms with Crippen LogP contribution in [0.2, 0.25) is 0 Å². The Labute approximate surface area is 390 Å². The van der Waals surface area contributed by atoms with Crippen LogP contribution in [0.5, 0.6) is 0 Å². The monoisotopic (exact) mass is 907 g/mol. The number of rotatable bonds is 48. The number of carbonyl (C=O) groups excluding carboxylic acids is 1. The van der Waals surface area contributed by atoms with E-state index in [0.717, 1.165) is 57.8 Å². The summed E-state index contributed by atoms with van der Waals surface area (Å²) in [7, 11) is 1.26. The van der Waals surface area contributed by atoms with E-state index in [-0.39, 0.29) is 19.1 Å². The summed E-state index contributed by atoms with van der Waals surface area (Å²) in [6.45, 7) is 4.55. The number of phosphoric ester groups is 1. The van der Waals surface area contributed by atoms with Crippen molar-refractivity contribution in [1.29, 1.82) is 0 Å². The van der Waals surface area contributed by atoms with E-state index >= 15 is 0 Å². The molecule has 3 atom stereocenters. The van der Waals surface area contributed by atoms with Gasteiger partial charge in [-0.3, -0.25) is 9.36 Å². The Kier molecular flexibility index (Phi) is 44.5. The fourth-order valence-electron chi connectivity index (χ4n) is 7.57. The Morgan fingerprint density at radius 3 is 1.35 bits per heavy atom. The van der Waals surface area contributed by atoms with Gasteiger partial charge in [-0.05, 0) is 57.8 Å². The molecule has 0 fully saturated rings. The van der Waals surface area contributed by atoms with Gasteiger partial charge < -0.3 is 28.8 Å². The van der Waals surface area contributed by atoms with Gasteiger partial charge in [0, 0.05) is 6.42 Å². The standard InChI is InChI=1S/C54H103N2O6P/c1-6-8-10-12-14-15-16-17-18-19-20-21-22-23-24-25-26-27-28-29-30-31-32-33-34-35-36-37-38-39-40-41-42-44-46-48-54(58)55-52(53(57)47-45-43-13-11-9-7-2)51-62-63(59,60)61-50-49-56(3,4)5/h16-17,19-20,22-23,45,47,52-53,57H,6-15,18,21,24-44,46,48-51H2,1-5H3,(H-,55,58,59,60)/b17-16-,20-19-,23-22-,47-45+. The van der Waals surface area contributed by atoms with E-state index in [4.69, 9.17) is 9.05 Å². The molecule has 0 saturated carbocycles. The zero-order chi connectivity index (χ0) is 46.4. The van der Waals surface area contributed by atoms with Gasteiger partial charge in [0.05, 0.1) is 39.9 Å². The molecule has 9 heteroatoms. The molecule has 2 N–H and O–H groups in total. The van der Waals surface area contributed by atoms with Gasteiger partial charge >= 0.3 is 0 Å². The molecule has 0 aromatic carbocycles. The first-order chi connectivity index (χ1) is 30.5. The zero-order valence-electron chi connectivity index (χ0n) is 42.0. The average Bonchev–Trinajstić information content (AvgIpc) is 3.24. The van der Waals surface area contributed by atoms with E-state index in [1.807, 2.05) is 27.2 Å². The molecule has 0 aliphatic carbocycles. The van der Waals surface area contributed by atoms with Gasteiger partial charge in [0.15, 0.2) is 0 Å². The molecule has 0 rings (SSSR count). The van der Waals surface area contributed by atoms with Gasteiger partial charge in [-0.1, -0.05) is 223 Å². The molecule has 1 amide bonds. The van der Waals surface area contributed by atoms with E-state index < -0.39 is 20.0 Å². The maximum Gasteiger partial charge on any atom is 0.268 e. The lowest BCUT2D eigenvalue weighted by Gasteiger charge is -2.29. The maximum atomic E-state index is 12.8. The lowest BCUT2D eigenvalue weighted by Crippen LogP contribution is -2.45. The maximum absolute atomic E-state index is 12.8. The number of carbonyl (C=O) groups is 1. The fourth-order valence-corrected chi connectivity index (χ4v) is 8.29. The predicted octanol–water partition coefficient (Wildman–Crippen LogP) is 15.0. The van der Waals surface area contributed by atoms with Gasteiger partial charge in [-0.2, -0.15) is 0 Å². The van der Waals surface area contributed by atoms with Crippen LogP contribution in [-0.4, -0.2) is 68.5 Å². The van der Waals surface area contributed by atoms with Crippen LogP contribution in [0.1, 0.15) is 239 Å². The third-order valence-corrected chi connectivity index (χ3v) is 12.7. The average molecular weight is 907 g/mol. The van der Waals surface area contributed by atoms with Crippen molar-refractivity contribution in [3.8, 4) is 0 Å². The molecule has 0 spiro atoms. The van der Waals surface area contributed by atoms with Gasteiger partial charge in [-0.15, -0.1) is 0 Å². The van der Waals surface area contributed by atoms with E-state index in [0.29, 0.717) is 17.4 Å². The smallest absolute Gasteiger partial charge is 0.268 e. The number of phosphoric acid groups is 1. The molecule has 63 heavy (non-hydrogen) atoms. The number of nitrogens with one attached hydrogen (secondary N) is 1. The lowest BCUT2D eigenvalue weighted by molar-refractivity contribution is -0.870. The number of quaternary nitrogens is 1. The SMILES string of the molecule is CCCCCC/C=C/C(O)C(COP(=O)([O-])OCC[N+](C)(C)C)NC(=O)CCCCCCCCCCCCCCCCCCCCCC/C=C\C/C=C\C/C=C\CCCCCCC. The van der Waals surface area contributed by atoms with Gasteiger partial charge in [0.1, 0.15) is 13.2 Å². The number of hydrogen-bond donors (Lipinski definition) is 2. The van der Waals surface area contributed by atoms with E-state index in [1.54, 1.807) is 6.08 Å². The number of aliphatic hydroxyl groups excluding tert-OH is 1. The summed E-state index contributed by atoms with van der Waals surface area (Å²) in [5.41, 5.74) is 0. The first-order valence-corrected chi connectivity index (χ1v) is 28.0. The molecule has 370 valence electrons. The minimum Gasteiger partial charge on any atom is -0.756 e. The van der Waals surface area contributed by atoms with E-state index in [1.165, 1.54) is 161 Å². The highest BCUT2D eigenvalue weighted by molar-refractivity contribution is 7.45. The van der Waals surface area contributed by atoms with Gasteiger partial charge in [0.2, 0.25) is 5.91 Å². The third kappa shape index (κ3) is 48.2. The van der Waals surface area contributed by atoms with Crippen molar-refractivity contribution >= 4 is 13.7 Å². The van der Waals surface area contributed by atoms with Crippen LogP contribution in [0.3, 0.4) is 0 Å². The first-order valence-electron chi connectivity index (χ1n) is 26.5.